The second kappa shape index (κ2) is 4.56. The first-order valence-electron chi connectivity index (χ1n) is 4.73. The zero-order valence-electron chi connectivity index (χ0n) is 8.83. The molecule has 0 aromatic heterocycles. The number of non-ortho nitro benzene ring substituents is 1. The normalized spacial score (nSPS) is 16.5. The van der Waals surface area contributed by atoms with Crippen LogP contribution in [0.15, 0.2) is 24.3 Å². The molecule has 0 heterocycles. The average molecular weight is 226 g/mol. The van der Waals surface area contributed by atoms with Crippen molar-refractivity contribution in [2.45, 2.75) is 18.6 Å². The maximum Gasteiger partial charge on any atom is 0.269 e. The van der Waals surface area contributed by atoms with Gasteiger partial charge in [0.2, 0.25) is 0 Å². The van der Waals surface area contributed by atoms with E-state index in [1.54, 1.807) is 0 Å². The minimum absolute atomic E-state index is 0.0582. The molecule has 1 aromatic rings. The van der Waals surface area contributed by atoms with Gasteiger partial charge in [-0.3, -0.25) is 10.1 Å². The summed E-state index contributed by atoms with van der Waals surface area (Å²) < 4.78 is 0. The van der Waals surface area contributed by atoms with Crippen LogP contribution in [0.3, 0.4) is 0 Å². The van der Waals surface area contributed by atoms with Crippen molar-refractivity contribution < 1.29 is 15.1 Å². The van der Waals surface area contributed by atoms with Crippen molar-refractivity contribution in [3.8, 4) is 0 Å². The second-order valence-corrected chi connectivity index (χ2v) is 3.74. The SMILES string of the molecule is C[C@](O)(c1ccc([N+](=O)[O-])cc1)[C@@H](N)CO. The Bertz CT molecular complexity index is 375. The molecule has 6 heteroatoms. The molecule has 0 spiro atoms. The smallest absolute Gasteiger partial charge is 0.269 e. The Kier molecular flexibility index (Phi) is 3.58. The molecule has 0 bridgehead atoms. The van der Waals surface area contributed by atoms with Crippen molar-refractivity contribution in [3.05, 3.63) is 39.9 Å². The van der Waals surface area contributed by atoms with Crippen molar-refractivity contribution in [2.24, 2.45) is 5.73 Å². The van der Waals surface area contributed by atoms with Gasteiger partial charge in [-0.1, -0.05) is 0 Å². The Morgan fingerprint density at radius 1 is 1.50 bits per heavy atom. The Balaban J connectivity index is 3.01. The van der Waals surface area contributed by atoms with Crippen LogP contribution in [0.5, 0.6) is 0 Å². The largest absolute Gasteiger partial charge is 0.395 e. The number of nitro groups is 1. The summed E-state index contributed by atoms with van der Waals surface area (Å²) in [6.45, 7) is 1.08. The fourth-order valence-electron chi connectivity index (χ4n) is 1.31. The quantitative estimate of drug-likeness (QED) is 0.499. The molecule has 0 aliphatic heterocycles. The van der Waals surface area contributed by atoms with Gasteiger partial charge in [-0.05, 0) is 24.6 Å². The predicted molar refractivity (Wildman–Crippen MR) is 57.7 cm³/mol. The third-order valence-corrected chi connectivity index (χ3v) is 2.58. The molecule has 0 unspecified atom stereocenters. The molecule has 0 aliphatic carbocycles. The van der Waals surface area contributed by atoms with E-state index < -0.39 is 16.6 Å². The number of benzene rings is 1. The van der Waals surface area contributed by atoms with Gasteiger partial charge in [0.05, 0.1) is 17.6 Å². The monoisotopic (exact) mass is 226 g/mol. The minimum Gasteiger partial charge on any atom is -0.395 e. The number of rotatable bonds is 4. The van der Waals surface area contributed by atoms with Gasteiger partial charge in [0.1, 0.15) is 5.60 Å². The van der Waals surface area contributed by atoms with Gasteiger partial charge in [0.15, 0.2) is 0 Å². The van der Waals surface area contributed by atoms with E-state index in [0.29, 0.717) is 5.56 Å². The van der Waals surface area contributed by atoms with Crippen LogP contribution in [0.4, 0.5) is 5.69 Å². The van der Waals surface area contributed by atoms with Crippen molar-refractivity contribution >= 4 is 5.69 Å². The molecule has 2 atom stereocenters. The molecular weight excluding hydrogens is 212 g/mol. The van der Waals surface area contributed by atoms with E-state index in [4.69, 9.17) is 10.8 Å². The molecule has 0 saturated carbocycles. The van der Waals surface area contributed by atoms with Crippen LogP contribution in [0, 0.1) is 10.1 Å². The lowest BCUT2D eigenvalue weighted by molar-refractivity contribution is -0.384. The topological polar surface area (TPSA) is 110 Å². The highest BCUT2D eigenvalue weighted by molar-refractivity contribution is 5.35. The number of nitro benzene ring substituents is 1. The van der Waals surface area contributed by atoms with Crippen molar-refractivity contribution in [1.82, 2.24) is 0 Å². The Morgan fingerprint density at radius 3 is 2.38 bits per heavy atom. The third-order valence-electron chi connectivity index (χ3n) is 2.58. The summed E-state index contributed by atoms with van der Waals surface area (Å²) in [6, 6.07) is 4.58. The number of nitrogens with zero attached hydrogens (tertiary/aromatic N) is 1. The number of hydrogen-bond donors (Lipinski definition) is 3. The molecule has 0 aliphatic rings. The molecular formula is C10H14N2O4. The number of aliphatic hydroxyl groups is 2. The summed E-state index contributed by atoms with van der Waals surface area (Å²) in [5.74, 6) is 0. The highest BCUT2D eigenvalue weighted by Crippen LogP contribution is 2.25. The van der Waals surface area contributed by atoms with Crippen LogP contribution in [-0.2, 0) is 5.60 Å². The van der Waals surface area contributed by atoms with Crippen LogP contribution >= 0.6 is 0 Å². The first-order chi connectivity index (χ1) is 7.39. The summed E-state index contributed by atoms with van der Waals surface area (Å²) in [6.07, 6.45) is 0. The lowest BCUT2D eigenvalue weighted by Crippen LogP contribution is -2.45. The summed E-state index contributed by atoms with van der Waals surface area (Å²) >= 11 is 0. The van der Waals surface area contributed by atoms with E-state index in [-0.39, 0.29) is 12.3 Å². The number of hydrogen-bond acceptors (Lipinski definition) is 5. The molecule has 16 heavy (non-hydrogen) atoms. The third kappa shape index (κ3) is 2.35. The van der Waals surface area contributed by atoms with E-state index in [2.05, 4.69) is 0 Å². The molecule has 1 rings (SSSR count). The van der Waals surface area contributed by atoms with Crippen LogP contribution in [0.1, 0.15) is 12.5 Å². The first kappa shape index (κ1) is 12.6. The Hall–Kier alpha value is -1.50. The van der Waals surface area contributed by atoms with Crippen molar-refractivity contribution in [3.63, 3.8) is 0 Å². The molecule has 88 valence electrons. The summed E-state index contributed by atoms with van der Waals surface area (Å²) in [4.78, 5) is 9.91. The van der Waals surface area contributed by atoms with Gasteiger partial charge >= 0.3 is 0 Å². The van der Waals surface area contributed by atoms with Crippen molar-refractivity contribution in [1.29, 1.82) is 0 Å². The number of aliphatic hydroxyl groups excluding tert-OH is 1. The van der Waals surface area contributed by atoms with Crippen LogP contribution < -0.4 is 5.73 Å². The maximum atomic E-state index is 10.4. The summed E-state index contributed by atoms with van der Waals surface area (Å²) in [5.41, 5.74) is 4.51. The number of nitrogens with two attached hydrogens (primary N) is 1. The van der Waals surface area contributed by atoms with Crippen LogP contribution in [0.25, 0.3) is 0 Å². The minimum atomic E-state index is -1.41. The van der Waals surface area contributed by atoms with Gasteiger partial charge in [-0.2, -0.15) is 0 Å². The fourth-order valence-corrected chi connectivity index (χ4v) is 1.31. The summed E-state index contributed by atoms with van der Waals surface area (Å²) in [7, 11) is 0. The molecule has 4 N–H and O–H groups in total. The van der Waals surface area contributed by atoms with Gasteiger partial charge in [-0.15, -0.1) is 0 Å². The maximum absolute atomic E-state index is 10.4. The lowest BCUT2D eigenvalue weighted by atomic mass is 9.89. The highest BCUT2D eigenvalue weighted by atomic mass is 16.6. The Morgan fingerprint density at radius 2 is 2.00 bits per heavy atom. The van der Waals surface area contributed by atoms with Crippen LogP contribution in [0.2, 0.25) is 0 Å². The van der Waals surface area contributed by atoms with E-state index in [9.17, 15) is 15.2 Å². The van der Waals surface area contributed by atoms with Gasteiger partial charge in [0.25, 0.3) is 5.69 Å². The van der Waals surface area contributed by atoms with Crippen molar-refractivity contribution in [2.75, 3.05) is 6.61 Å². The first-order valence-corrected chi connectivity index (χ1v) is 4.73. The van der Waals surface area contributed by atoms with Gasteiger partial charge in [-0.25, -0.2) is 0 Å². The molecule has 0 amide bonds. The zero-order valence-corrected chi connectivity index (χ0v) is 8.83. The van der Waals surface area contributed by atoms with Crippen LogP contribution in [-0.4, -0.2) is 27.8 Å². The zero-order chi connectivity index (χ0) is 12.3. The van der Waals surface area contributed by atoms with E-state index >= 15 is 0 Å². The highest BCUT2D eigenvalue weighted by Gasteiger charge is 2.30. The van der Waals surface area contributed by atoms with E-state index in [1.165, 1.54) is 31.2 Å². The second-order valence-electron chi connectivity index (χ2n) is 3.74. The lowest BCUT2D eigenvalue weighted by Gasteiger charge is -2.29. The fraction of sp³-hybridized carbons (Fsp3) is 0.400. The predicted octanol–water partition coefficient (Wildman–Crippen LogP) is 0.122. The van der Waals surface area contributed by atoms with E-state index in [1.807, 2.05) is 0 Å². The molecule has 0 saturated heterocycles. The molecule has 0 fully saturated rings. The van der Waals surface area contributed by atoms with Gasteiger partial charge in [0, 0.05) is 12.1 Å². The summed E-state index contributed by atoms with van der Waals surface area (Å²) in [5, 5.41) is 29.3. The molecule has 1 aromatic carbocycles. The molecule has 6 nitrogen and oxygen atoms in total. The van der Waals surface area contributed by atoms with Gasteiger partial charge < -0.3 is 15.9 Å². The molecule has 0 radical (unpaired) electrons. The standard InChI is InChI=1S/C10H14N2O4/c1-10(14,9(11)6-13)7-2-4-8(5-3-7)12(15)16/h2-5,9,13-14H,6,11H2,1H3/t9-,10-/m0/s1. The van der Waals surface area contributed by atoms with E-state index in [0.717, 1.165) is 0 Å². The average Bonchev–Trinajstić information content (AvgIpc) is 2.28. The Labute approximate surface area is 92.5 Å².